The summed E-state index contributed by atoms with van der Waals surface area (Å²) in [5, 5.41) is 0. The second-order valence-corrected chi connectivity index (χ2v) is 4.60. The van der Waals surface area contributed by atoms with Crippen molar-refractivity contribution in [2.24, 2.45) is 0 Å². The first-order chi connectivity index (χ1) is 7.79. The van der Waals surface area contributed by atoms with E-state index in [0.29, 0.717) is 0 Å². The van der Waals surface area contributed by atoms with E-state index in [1.165, 1.54) is 12.1 Å². The van der Waals surface area contributed by atoms with Gasteiger partial charge in [-0.15, -0.1) is 13.2 Å². The van der Waals surface area contributed by atoms with Crippen LogP contribution in [-0.2, 0) is 15.5 Å². The maximum absolute atomic E-state index is 13.0. The molecular weight excluding hydrogens is 262 g/mol. The lowest BCUT2D eigenvalue weighted by atomic mass is 10.3. The van der Waals surface area contributed by atoms with Crippen molar-refractivity contribution in [1.29, 1.82) is 0 Å². The zero-order chi connectivity index (χ0) is 13.1. The maximum Gasteiger partial charge on any atom is 0.522 e. The summed E-state index contributed by atoms with van der Waals surface area (Å²) < 4.78 is 62.8. The van der Waals surface area contributed by atoms with Gasteiger partial charge < -0.3 is 5.73 Å². The Morgan fingerprint density at radius 2 is 2.00 bits per heavy atom. The van der Waals surface area contributed by atoms with Gasteiger partial charge in [0, 0.05) is 4.90 Å². The first kappa shape index (κ1) is 13.9. The number of hydrogen-bond donors (Lipinski definition) is 1. The average molecular weight is 271 g/mol. The molecule has 0 fully saturated rings. The van der Waals surface area contributed by atoms with E-state index in [1.54, 1.807) is 0 Å². The number of ether oxygens (including phenoxy) is 1. The number of nitrogens with two attached hydrogens (primary N) is 1. The smallest absolute Gasteiger partial charge is 0.396 e. The molecule has 0 aromatic heterocycles. The second kappa shape index (κ2) is 5.46. The second-order valence-electron chi connectivity index (χ2n) is 3.03. The Hall–Kier alpha value is -1.15. The van der Waals surface area contributed by atoms with Gasteiger partial charge >= 0.3 is 6.36 Å². The Kier molecular flexibility index (Phi) is 4.47. The molecule has 1 aromatic carbocycles. The molecule has 0 bridgehead atoms. The van der Waals surface area contributed by atoms with Crippen molar-refractivity contribution in [3.8, 4) is 0 Å². The van der Waals surface area contributed by atoms with E-state index < -0.39 is 29.6 Å². The van der Waals surface area contributed by atoms with Crippen molar-refractivity contribution in [2.45, 2.75) is 11.3 Å². The molecule has 8 heteroatoms. The van der Waals surface area contributed by atoms with E-state index >= 15 is 0 Å². The van der Waals surface area contributed by atoms with Crippen LogP contribution in [0.2, 0.25) is 0 Å². The van der Waals surface area contributed by atoms with E-state index in [4.69, 9.17) is 5.73 Å². The molecule has 3 nitrogen and oxygen atoms in total. The van der Waals surface area contributed by atoms with E-state index in [2.05, 4.69) is 4.74 Å². The molecule has 0 radical (unpaired) electrons. The van der Waals surface area contributed by atoms with Crippen LogP contribution in [0.5, 0.6) is 0 Å². The van der Waals surface area contributed by atoms with Crippen LogP contribution in [0, 0.1) is 5.82 Å². The molecule has 0 spiro atoms. The van der Waals surface area contributed by atoms with Gasteiger partial charge in [-0.2, -0.15) is 0 Å². The molecule has 0 aliphatic rings. The number of halogens is 4. The Morgan fingerprint density at radius 1 is 1.35 bits per heavy atom. The number of benzene rings is 1. The SMILES string of the molecule is Nc1ccc(S(=O)CCOC(F)(F)F)cc1F. The topological polar surface area (TPSA) is 52.3 Å². The van der Waals surface area contributed by atoms with Crippen LogP contribution in [0.3, 0.4) is 0 Å². The monoisotopic (exact) mass is 271 g/mol. The van der Waals surface area contributed by atoms with Gasteiger partial charge in [-0.1, -0.05) is 0 Å². The molecule has 0 aliphatic heterocycles. The lowest BCUT2D eigenvalue weighted by Gasteiger charge is -2.07. The van der Waals surface area contributed by atoms with Crippen LogP contribution >= 0.6 is 0 Å². The highest BCUT2D eigenvalue weighted by Gasteiger charge is 2.28. The minimum atomic E-state index is -4.75. The van der Waals surface area contributed by atoms with Gasteiger partial charge in [0.15, 0.2) is 0 Å². The number of rotatable bonds is 4. The highest BCUT2D eigenvalue weighted by molar-refractivity contribution is 7.85. The van der Waals surface area contributed by atoms with Crippen molar-refractivity contribution in [2.75, 3.05) is 18.1 Å². The highest BCUT2D eigenvalue weighted by Crippen LogP contribution is 2.18. The minimum absolute atomic E-state index is 0.0717. The molecule has 1 rings (SSSR count). The van der Waals surface area contributed by atoms with Crippen LogP contribution in [0.1, 0.15) is 0 Å². The molecule has 0 heterocycles. The van der Waals surface area contributed by atoms with Gasteiger partial charge in [0.05, 0.1) is 28.8 Å². The number of anilines is 1. The Morgan fingerprint density at radius 3 is 2.53 bits per heavy atom. The van der Waals surface area contributed by atoms with Gasteiger partial charge in [-0.3, -0.25) is 8.95 Å². The largest absolute Gasteiger partial charge is 0.522 e. The highest BCUT2D eigenvalue weighted by atomic mass is 32.2. The number of alkyl halides is 3. The summed E-state index contributed by atoms with van der Waals surface area (Å²) >= 11 is 0. The van der Waals surface area contributed by atoms with Gasteiger partial charge in [0.2, 0.25) is 0 Å². The Bertz CT molecular complexity index is 422. The summed E-state index contributed by atoms with van der Waals surface area (Å²) in [6, 6.07) is 3.42. The fourth-order valence-electron chi connectivity index (χ4n) is 1.00. The zero-order valence-corrected chi connectivity index (χ0v) is 9.28. The lowest BCUT2D eigenvalue weighted by Crippen LogP contribution is -2.17. The molecule has 0 saturated carbocycles. The van der Waals surface area contributed by atoms with Crippen molar-refractivity contribution >= 4 is 16.5 Å². The van der Waals surface area contributed by atoms with Crippen molar-refractivity contribution in [3.05, 3.63) is 24.0 Å². The first-order valence-corrected chi connectivity index (χ1v) is 5.75. The molecule has 96 valence electrons. The number of hydrogen-bond acceptors (Lipinski definition) is 3. The quantitative estimate of drug-likeness (QED) is 0.673. The van der Waals surface area contributed by atoms with Gasteiger partial charge in [-0.25, -0.2) is 4.39 Å². The molecule has 1 unspecified atom stereocenters. The summed E-state index contributed by atoms with van der Waals surface area (Å²) in [4.78, 5) is 0.0717. The summed E-state index contributed by atoms with van der Waals surface area (Å²) in [7, 11) is -1.76. The third kappa shape index (κ3) is 4.70. The van der Waals surface area contributed by atoms with Gasteiger partial charge in [-0.05, 0) is 18.2 Å². The van der Waals surface area contributed by atoms with E-state index in [0.717, 1.165) is 6.07 Å². The molecule has 1 aromatic rings. The maximum atomic E-state index is 13.0. The molecule has 0 aliphatic carbocycles. The third-order valence-electron chi connectivity index (χ3n) is 1.77. The van der Waals surface area contributed by atoms with Gasteiger partial charge in [0.1, 0.15) is 5.82 Å². The summed E-state index contributed by atoms with van der Waals surface area (Å²) in [6.45, 7) is -0.748. The average Bonchev–Trinajstić information content (AvgIpc) is 2.20. The molecular formula is C9H9F4NO2S. The Balaban J connectivity index is 2.56. The molecule has 0 saturated heterocycles. The minimum Gasteiger partial charge on any atom is -0.396 e. The fraction of sp³-hybridized carbons (Fsp3) is 0.333. The standard InChI is InChI=1S/C9H9F4NO2S/c10-7-5-6(1-2-8(7)14)17(15)4-3-16-9(11,12)13/h1-2,5H,3-4,14H2. The molecule has 0 amide bonds. The van der Waals surface area contributed by atoms with Crippen molar-refractivity contribution in [3.63, 3.8) is 0 Å². The Labute approximate surface area is 97.0 Å². The predicted molar refractivity (Wildman–Crippen MR) is 54.1 cm³/mol. The van der Waals surface area contributed by atoms with E-state index in [-0.39, 0.29) is 16.3 Å². The van der Waals surface area contributed by atoms with Crippen LogP contribution < -0.4 is 5.73 Å². The fourth-order valence-corrected chi connectivity index (χ4v) is 1.93. The molecule has 1 atom stereocenters. The van der Waals surface area contributed by atoms with Crippen LogP contribution in [0.25, 0.3) is 0 Å². The lowest BCUT2D eigenvalue weighted by molar-refractivity contribution is -0.322. The third-order valence-corrected chi connectivity index (χ3v) is 3.09. The van der Waals surface area contributed by atoms with E-state index in [1.807, 2.05) is 0 Å². The van der Waals surface area contributed by atoms with Gasteiger partial charge in [0.25, 0.3) is 0 Å². The zero-order valence-electron chi connectivity index (χ0n) is 8.46. The summed E-state index contributed by atoms with van der Waals surface area (Å²) in [6.07, 6.45) is -4.75. The molecule has 17 heavy (non-hydrogen) atoms. The van der Waals surface area contributed by atoms with E-state index in [9.17, 15) is 21.8 Å². The first-order valence-electron chi connectivity index (χ1n) is 4.43. The van der Waals surface area contributed by atoms with Crippen LogP contribution in [0.4, 0.5) is 23.2 Å². The van der Waals surface area contributed by atoms with Crippen LogP contribution in [-0.4, -0.2) is 22.9 Å². The van der Waals surface area contributed by atoms with Crippen molar-refractivity contribution in [1.82, 2.24) is 0 Å². The summed E-state index contributed by atoms with van der Waals surface area (Å²) in [5.74, 6) is -1.13. The summed E-state index contributed by atoms with van der Waals surface area (Å²) in [5.41, 5.74) is 5.09. The normalized spacial score (nSPS) is 13.6. The van der Waals surface area contributed by atoms with Crippen LogP contribution in [0.15, 0.2) is 23.1 Å². The predicted octanol–water partition coefficient (Wildman–Crippen LogP) is 2.05. The number of nitrogen functional groups attached to an aromatic ring is 1. The van der Waals surface area contributed by atoms with Crippen molar-refractivity contribution < 1.29 is 26.5 Å². The molecule has 2 N–H and O–H groups in total.